The molecule has 2 rings (SSSR count). The normalized spacial score (nSPS) is 14.8. The van der Waals surface area contributed by atoms with E-state index in [2.05, 4.69) is 22.5 Å². The molecule has 188 valence electrons. The number of halogens is 1. The number of rotatable bonds is 10. The standard InChI is InChI=1S/C23H39N5O4.HI/c1-7-24-23(26-17-9-12-28(13-10-17)16-22(29)27(2)3)25-11-8-19-20(31-5)14-18(30-4)15-21(19)32-6;/h14-15,17H,7-13,16H2,1-6H3,(H2,24,25,26);1H. The predicted molar refractivity (Wildman–Crippen MR) is 142 cm³/mol. The van der Waals surface area contributed by atoms with Crippen LogP contribution in [0.15, 0.2) is 17.1 Å². The Labute approximate surface area is 215 Å². The summed E-state index contributed by atoms with van der Waals surface area (Å²) in [5.74, 6) is 3.11. The van der Waals surface area contributed by atoms with Crippen LogP contribution in [0.2, 0.25) is 0 Å². The highest BCUT2D eigenvalue weighted by Gasteiger charge is 2.22. The van der Waals surface area contributed by atoms with Gasteiger partial charge in [0.25, 0.3) is 0 Å². The third-order valence-corrected chi connectivity index (χ3v) is 5.58. The number of amides is 1. The van der Waals surface area contributed by atoms with E-state index in [1.165, 1.54) is 0 Å². The molecule has 1 aliphatic heterocycles. The number of likely N-dealkylation sites (tertiary alicyclic amines) is 1. The molecule has 0 spiro atoms. The van der Waals surface area contributed by atoms with Gasteiger partial charge in [0.15, 0.2) is 5.96 Å². The maximum atomic E-state index is 11.9. The van der Waals surface area contributed by atoms with Gasteiger partial charge >= 0.3 is 0 Å². The molecule has 1 fully saturated rings. The van der Waals surface area contributed by atoms with Crippen LogP contribution in [0, 0.1) is 0 Å². The first-order valence-corrected chi connectivity index (χ1v) is 11.2. The predicted octanol–water partition coefficient (Wildman–Crippen LogP) is 1.98. The summed E-state index contributed by atoms with van der Waals surface area (Å²) in [5.41, 5.74) is 0.967. The number of aliphatic imine (C=N–C) groups is 1. The van der Waals surface area contributed by atoms with Crippen LogP contribution >= 0.6 is 24.0 Å². The number of likely N-dealkylation sites (N-methyl/N-ethyl adjacent to an activating group) is 1. The number of carbonyl (C=O) groups excluding carboxylic acids is 1. The fourth-order valence-electron chi connectivity index (χ4n) is 3.69. The van der Waals surface area contributed by atoms with Crippen LogP contribution < -0.4 is 24.8 Å². The molecule has 33 heavy (non-hydrogen) atoms. The second-order valence-electron chi connectivity index (χ2n) is 8.00. The number of guanidine groups is 1. The molecule has 2 N–H and O–H groups in total. The van der Waals surface area contributed by atoms with Gasteiger partial charge in [-0.3, -0.25) is 14.7 Å². The number of hydrogen-bond donors (Lipinski definition) is 2. The summed E-state index contributed by atoms with van der Waals surface area (Å²) in [7, 11) is 8.51. The largest absolute Gasteiger partial charge is 0.496 e. The van der Waals surface area contributed by atoms with Crippen molar-refractivity contribution >= 4 is 35.8 Å². The van der Waals surface area contributed by atoms with Crippen molar-refractivity contribution in [3.8, 4) is 17.2 Å². The number of nitrogens with zero attached hydrogens (tertiary/aromatic N) is 3. The molecule has 1 aromatic carbocycles. The van der Waals surface area contributed by atoms with Crippen LogP contribution in [-0.4, -0.2) is 95.9 Å². The first-order chi connectivity index (χ1) is 15.4. The van der Waals surface area contributed by atoms with E-state index in [0.717, 1.165) is 55.5 Å². The number of methoxy groups -OCH3 is 3. The fourth-order valence-corrected chi connectivity index (χ4v) is 3.69. The SMILES string of the molecule is CCNC(=NCCc1c(OC)cc(OC)cc1OC)NC1CCN(CC(=O)N(C)C)CC1.I. The first kappa shape index (κ1) is 29.1. The summed E-state index contributed by atoms with van der Waals surface area (Å²) in [5, 5.41) is 6.88. The van der Waals surface area contributed by atoms with Gasteiger partial charge in [-0.25, -0.2) is 0 Å². The maximum absolute atomic E-state index is 11.9. The summed E-state index contributed by atoms with van der Waals surface area (Å²) in [6.07, 6.45) is 2.63. The maximum Gasteiger partial charge on any atom is 0.236 e. The quantitative estimate of drug-likeness (QED) is 0.250. The Balaban J connectivity index is 0.00000544. The van der Waals surface area contributed by atoms with Crippen molar-refractivity contribution < 1.29 is 19.0 Å². The Kier molecular flexibility index (Phi) is 13.3. The average molecular weight is 578 g/mol. The van der Waals surface area contributed by atoms with Crippen LogP contribution in [0.1, 0.15) is 25.3 Å². The van der Waals surface area contributed by atoms with Crippen LogP contribution in [0.5, 0.6) is 17.2 Å². The van der Waals surface area contributed by atoms with E-state index in [0.29, 0.717) is 31.3 Å². The number of piperidine rings is 1. The summed E-state index contributed by atoms with van der Waals surface area (Å²) in [6, 6.07) is 4.06. The summed E-state index contributed by atoms with van der Waals surface area (Å²) in [6.45, 7) is 5.72. The Morgan fingerprint density at radius 3 is 2.21 bits per heavy atom. The monoisotopic (exact) mass is 577 g/mol. The van der Waals surface area contributed by atoms with Gasteiger partial charge in [-0.15, -0.1) is 24.0 Å². The van der Waals surface area contributed by atoms with Crippen molar-refractivity contribution in [3.63, 3.8) is 0 Å². The molecule has 0 radical (unpaired) electrons. The Bertz CT molecular complexity index is 742. The van der Waals surface area contributed by atoms with Gasteiger partial charge in [0, 0.05) is 64.0 Å². The minimum Gasteiger partial charge on any atom is -0.496 e. The van der Waals surface area contributed by atoms with Gasteiger partial charge in [-0.2, -0.15) is 0 Å². The van der Waals surface area contributed by atoms with Crippen LogP contribution in [0.25, 0.3) is 0 Å². The minimum atomic E-state index is 0. The van der Waals surface area contributed by atoms with Gasteiger partial charge in [0.1, 0.15) is 17.2 Å². The summed E-state index contributed by atoms with van der Waals surface area (Å²) in [4.78, 5) is 20.6. The molecule has 10 heteroatoms. The van der Waals surface area contributed by atoms with E-state index in [4.69, 9.17) is 19.2 Å². The Hall–Kier alpha value is -1.95. The van der Waals surface area contributed by atoms with Gasteiger partial charge < -0.3 is 29.7 Å². The van der Waals surface area contributed by atoms with Crippen LogP contribution in [-0.2, 0) is 11.2 Å². The van der Waals surface area contributed by atoms with Crippen LogP contribution in [0.3, 0.4) is 0 Å². The van der Waals surface area contributed by atoms with Gasteiger partial charge in [0.2, 0.25) is 5.91 Å². The van der Waals surface area contributed by atoms with Crippen molar-refractivity contribution in [2.45, 2.75) is 32.2 Å². The summed E-state index contributed by atoms with van der Waals surface area (Å²) < 4.78 is 16.4. The van der Waals surface area contributed by atoms with E-state index in [-0.39, 0.29) is 29.9 Å². The average Bonchev–Trinajstić information content (AvgIpc) is 2.80. The molecule has 9 nitrogen and oxygen atoms in total. The number of carbonyl (C=O) groups is 1. The molecule has 0 bridgehead atoms. The van der Waals surface area contributed by atoms with E-state index in [1.807, 2.05) is 12.1 Å². The third-order valence-electron chi connectivity index (χ3n) is 5.58. The van der Waals surface area contributed by atoms with Crippen molar-refractivity contribution in [2.24, 2.45) is 4.99 Å². The molecule has 1 saturated heterocycles. The molecule has 0 aliphatic carbocycles. The molecule has 0 unspecified atom stereocenters. The fraction of sp³-hybridized carbons (Fsp3) is 0.652. The zero-order valence-corrected chi connectivity index (χ0v) is 23.1. The van der Waals surface area contributed by atoms with E-state index >= 15 is 0 Å². The van der Waals surface area contributed by atoms with E-state index < -0.39 is 0 Å². The van der Waals surface area contributed by atoms with E-state index in [1.54, 1.807) is 40.3 Å². The highest BCUT2D eigenvalue weighted by molar-refractivity contribution is 14.0. The molecule has 1 amide bonds. The van der Waals surface area contributed by atoms with Gasteiger partial charge in [-0.05, 0) is 26.2 Å². The van der Waals surface area contributed by atoms with Crippen molar-refractivity contribution in [2.75, 3.05) is 68.1 Å². The van der Waals surface area contributed by atoms with Gasteiger partial charge in [-0.1, -0.05) is 0 Å². The number of nitrogens with one attached hydrogen (secondary N) is 2. The highest BCUT2D eigenvalue weighted by Crippen LogP contribution is 2.34. The molecule has 0 aromatic heterocycles. The zero-order valence-electron chi connectivity index (χ0n) is 20.8. The molecular weight excluding hydrogens is 537 g/mol. The lowest BCUT2D eigenvalue weighted by molar-refractivity contribution is -0.130. The second kappa shape index (κ2) is 15.0. The van der Waals surface area contributed by atoms with Gasteiger partial charge in [0.05, 0.1) is 27.9 Å². The molecule has 1 aliphatic rings. The Morgan fingerprint density at radius 1 is 1.12 bits per heavy atom. The number of ether oxygens (including phenoxy) is 3. The number of hydrogen-bond acceptors (Lipinski definition) is 6. The lowest BCUT2D eigenvalue weighted by Crippen LogP contribution is -2.50. The third kappa shape index (κ3) is 9.07. The zero-order chi connectivity index (χ0) is 23.5. The lowest BCUT2D eigenvalue weighted by Gasteiger charge is -2.33. The minimum absolute atomic E-state index is 0. The van der Waals surface area contributed by atoms with Crippen molar-refractivity contribution in [1.29, 1.82) is 0 Å². The summed E-state index contributed by atoms with van der Waals surface area (Å²) >= 11 is 0. The molecule has 1 aromatic rings. The van der Waals surface area contributed by atoms with Crippen molar-refractivity contribution in [1.82, 2.24) is 20.4 Å². The van der Waals surface area contributed by atoms with Crippen molar-refractivity contribution in [3.05, 3.63) is 17.7 Å². The molecular formula is C23H40IN5O4. The molecule has 0 saturated carbocycles. The molecule has 0 atom stereocenters. The second-order valence-corrected chi connectivity index (χ2v) is 8.00. The lowest BCUT2D eigenvalue weighted by atomic mass is 10.1. The first-order valence-electron chi connectivity index (χ1n) is 11.2. The topological polar surface area (TPSA) is 87.7 Å². The molecule has 1 heterocycles. The smallest absolute Gasteiger partial charge is 0.236 e. The van der Waals surface area contributed by atoms with Crippen LogP contribution in [0.4, 0.5) is 0 Å². The van der Waals surface area contributed by atoms with E-state index in [9.17, 15) is 4.79 Å². The highest BCUT2D eigenvalue weighted by atomic mass is 127. The number of benzene rings is 1. The Morgan fingerprint density at radius 2 is 1.73 bits per heavy atom.